The van der Waals surface area contributed by atoms with Gasteiger partial charge in [0.15, 0.2) is 0 Å². The smallest absolute Gasteiger partial charge is 0.275 e. The molecule has 0 aliphatic heterocycles. The second-order valence-electron chi connectivity index (χ2n) is 4.55. The third-order valence-electron chi connectivity index (χ3n) is 2.46. The van der Waals surface area contributed by atoms with Crippen LogP contribution < -0.4 is 10.1 Å². The van der Waals surface area contributed by atoms with Crippen LogP contribution in [0.3, 0.4) is 0 Å². The third kappa shape index (κ3) is 5.56. The molecule has 6 heteroatoms. The number of nitrogens with zero attached hydrogens (tertiary/aromatic N) is 2. The molecule has 19 heavy (non-hydrogen) atoms. The first-order valence-electron chi connectivity index (χ1n) is 6.33. The van der Waals surface area contributed by atoms with E-state index in [0.29, 0.717) is 18.0 Å². The van der Waals surface area contributed by atoms with Gasteiger partial charge < -0.3 is 15.0 Å². The van der Waals surface area contributed by atoms with Gasteiger partial charge in [-0.05, 0) is 20.5 Å². The van der Waals surface area contributed by atoms with Crippen molar-refractivity contribution in [3.05, 3.63) is 28.3 Å². The third-order valence-corrected chi connectivity index (χ3v) is 2.46. The summed E-state index contributed by atoms with van der Waals surface area (Å²) < 4.78 is 5.46. The minimum atomic E-state index is -0.407. The Morgan fingerprint density at radius 1 is 1.37 bits per heavy atom. The van der Waals surface area contributed by atoms with Crippen molar-refractivity contribution in [2.45, 2.75) is 13.3 Å². The molecule has 1 aromatic rings. The van der Waals surface area contributed by atoms with E-state index in [0.717, 1.165) is 19.5 Å². The number of non-ortho nitro benzene ring substituents is 1. The molecule has 0 unspecified atom stereocenters. The predicted molar refractivity (Wildman–Crippen MR) is 75.9 cm³/mol. The molecule has 0 aromatic heterocycles. The van der Waals surface area contributed by atoms with E-state index in [1.165, 1.54) is 12.1 Å². The highest BCUT2D eigenvalue weighted by atomic mass is 16.6. The van der Waals surface area contributed by atoms with Gasteiger partial charge in [0.1, 0.15) is 5.75 Å². The molecular formula is C13H21N3O3. The largest absolute Gasteiger partial charge is 0.493 e. The van der Waals surface area contributed by atoms with Crippen LogP contribution in [0.25, 0.3) is 0 Å². The summed E-state index contributed by atoms with van der Waals surface area (Å²) in [7, 11) is 3.95. The van der Waals surface area contributed by atoms with Crippen molar-refractivity contribution < 1.29 is 9.66 Å². The van der Waals surface area contributed by atoms with Crippen LogP contribution in [-0.2, 0) is 0 Å². The fourth-order valence-electron chi connectivity index (χ4n) is 1.52. The maximum absolute atomic E-state index is 10.9. The van der Waals surface area contributed by atoms with E-state index in [1.807, 2.05) is 25.9 Å². The molecule has 6 nitrogen and oxygen atoms in total. The van der Waals surface area contributed by atoms with Crippen LogP contribution in [0.15, 0.2) is 18.2 Å². The molecular weight excluding hydrogens is 246 g/mol. The van der Waals surface area contributed by atoms with Crippen molar-refractivity contribution in [1.82, 2.24) is 4.90 Å². The quantitative estimate of drug-likeness (QED) is 0.578. The number of nitro groups is 1. The first-order valence-corrected chi connectivity index (χ1v) is 6.33. The van der Waals surface area contributed by atoms with Gasteiger partial charge in [0, 0.05) is 30.9 Å². The molecule has 0 radical (unpaired) electrons. The molecule has 0 fully saturated rings. The van der Waals surface area contributed by atoms with E-state index < -0.39 is 4.92 Å². The van der Waals surface area contributed by atoms with Gasteiger partial charge in [-0.15, -0.1) is 0 Å². The normalized spacial score (nSPS) is 10.5. The molecule has 1 N–H and O–H groups in total. The summed E-state index contributed by atoms with van der Waals surface area (Å²) >= 11 is 0. The zero-order valence-corrected chi connectivity index (χ0v) is 11.7. The van der Waals surface area contributed by atoms with Crippen LogP contribution in [0.1, 0.15) is 13.3 Å². The van der Waals surface area contributed by atoms with Crippen molar-refractivity contribution in [1.29, 1.82) is 0 Å². The minimum absolute atomic E-state index is 0.0426. The van der Waals surface area contributed by atoms with E-state index in [4.69, 9.17) is 4.74 Å². The summed E-state index contributed by atoms with van der Waals surface area (Å²) in [5.74, 6) is 0.531. The minimum Gasteiger partial charge on any atom is -0.493 e. The molecule has 0 aliphatic rings. The van der Waals surface area contributed by atoms with E-state index in [-0.39, 0.29) is 5.69 Å². The van der Waals surface area contributed by atoms with E-state index in [2.05, 4.69) is 5.32 Å². The van der Waals surface area contributed by atoms with Crippen molar-refractivity contribution in [3.8, 4) is 5.75 Å². The topological polar surface area (TPSA) is 67.6 Å². The highest BCUT2D eigenvalue weighted by Crippen LogP contribution is 2.26. The van der Waals surface area contributed by atoms with Crippen molar-refractivity contribution in [3.63, 3.8) is 0 Å². The summed E-state index contributed by atoms with van der Waals surface area (Å²) in [6, 6.07) is 4.76. The van der Waals surface area contributed by atoms with Gasteiger partial charge in [0.05, 0.1) is 17.6 Å². The van der Waals surface area contributed by atoms with Crippen LogP contribution in [0.5, 0.6) is 5.75 Å². The van der Waals surface area contributed by atoms with Crippen molar-refractivity contribution in [2.75, 3.05) is 39.1 Å². The van der Waals surface area contributed by atoms with Gasteiger partial charge >= 0.3 is 0 Å². The van der Waals surface area contributed by atoms with Gasteiger partial charge in [-0.2, -0.15) is 0 Å². The van der Waals surface area contributed by atoms with Crippen molar-refractivity contribution >= 4 is 11.4 Å². The molecule has 0 saturated heterocycles. The lowest BCUT2D eigenvalue weighted by Gasteiger charge is -2.12. The molecule has 0 aliphatic carbocycles. The van der Waals surface area contributed by atoms with Gasteiger partial charge in [-0.3, -0.25) is 10.1 Å². The van der Waals surface area contributed by atoms with Crippen LogP contribution in [-0.4, -0.2) is 43.6 Å². The fourth-order valence-corrected chi connectivity index (χ4v) is 1.52. The average Bonchev–Trinajstić information content (AvgIpc) is 2.35. The van der Waals surface area contributed by atoms with E-state index >= 15 is 0 Å². The highest BCUT2D eigenvalue weighted by Gasteiger charge is 2.10. The maximum atomic E-state index is 10.9. The Morgan fingerprint density at radius 2 is 2.11 bits per heavy atom. The lowest BCUT2D eigenvalue weighted by atomic mass is 10.2. The van der Waals surface area contributed by atoms with E-state index in [1.54, 1.807) is 6.07 Å². The maximum Gasteiger partial charge on any atom is 0.275 e. The van der Waals surface area contributed by atoms with Crippen molar-refractivity contribution in [2.24, 2.45) is 0 Å². The summed E-state index contributed by atoms with van der Waals surface area (Å²) in [5, 5.41) is 14.0. The molecule has 0 bridgehead atoms. The molecule has 0 amide bonds. The molecule has 0 saturated carbocycles. The Kier molecular flexibility index (Phi) is 6.08. The Bertz CT molecular complexity index is 422. The number of hydrogen-bond donors (Lipinski definition) is 1. The number of anilines is 1. The van der Waals surface area contributed by atoms with E-state index in [9.17, 15) is 10.1 Å². The summed E-state index contributed by atoms with van der Waals surface area (Å²) in [4.78, 5) is 12.5. The number of nitro benzene ring substituents is 1. The first-order chi connectivity index (χ1) is 9.02. The molecule has 1 aromatic carbocycles. The number of likely N-dealkylation sites (N-methyl/N-ethyl adjacent to an activating group) is 1. The molecule has 1 rings (SSSR count). The Hall–Kier alpha value is -1.82. The summed E-state index contributed by atoms with van der Waals surface area (Å²) in [6.45, 7) is 4.13. The number of rotatable bonds is 8. The van der Waals surface area contributed by atoms with Gasteiger partial charge in [0.25, 0.3) is 5.69 Å². The number of nitrogens with one attached hydrogen (secondary N) is 1. The SMILES string of the molecule is CCCOc1cc(NCCN(C)C)cc([N+](=O)[O-])c1. The lowest BCUT2D eigenvalue weighted by molar-refractivity contribution is -0.384. The molecule has 0 spiro atoms. The first kappa shape index (κ1) is 15.2. The number of hydrogen-bond acceptors (Lipinski definition) is 5. The number of ether oxygens (including phenoxy) is 1. The second kappa shape index (κ2) is 7.58. The summed E-state index contributed by atoms with van der Waals surface area (Å²) in [5.41, 5.74) is 0.753. The van der Waals surface area contributed by atoms with Gasteiger partial charge in [-0.1, -0.05) is 6.92 Å². The second-order valence-corrected chi connectivity index (χ2v) is 4.55. The zero-order chi connectivity index (χ0) is 14.3. The zero-order valence-electron chi connectivity index (χ0n) is 11.7. The Balaban J connectivity index is 2.77. The monoisotopic (exact) mass is 267 g/mol. The summed E-state index contributed by atoms with van der Waals surface area (Å²) in [6.07, 6.45) is 0.867. The number of benzene rings is 1. The van der Waals surface area contributed by atoms with Crippen LogP contribution >= 0.6 is 0 Å². The van der Waals surface area contributed by atoms with Crippen LogP contribution in [0.4, 0.5) is 11.4 Å². The Morgan fingerprint density at radius 3 is 2.68 bits per heavy atom. The lowest BCUT2D eigenvalue weighted by Crippen LogP contribution is -2.20. The van der Waals surface area contributed by atoms with Crippen LogP contribution in [0.2, 0.25) is 0 Å². The Labute approximate surface area is 113 Å². The molecule has 106 valence electrons. The van der Waals surface area contributed by atoms with Gasteiger partial charge in [0.2, 0.25) is 0 Å². The molecule has 0 atom stereocenters. The standard InChI is InChI=1S/C13H21N3O3/c1-4-7-19-13-9-11(14-5-6-15(2)3)8-12(10-13)16(17)18/h8-10,14H,4-7H2,1-3H3. The van der Waals surface area contributed by atoms with Crippen LogP contribution in [0, 0.1) is 10.1 Å². The fraction of sp³-hybridized carbons (Fsp3) is 0.538. The predicted octanol–water partition coefficient (Wildman–Crippen LogP) is 2.36. The molecule has 0 heterocycles. The highest BCUT2D eigenvalue weighted by molar-refractivity contribution is 5.56. The van der Waals surface area contributed by atoms with Gasteiger partial charge in [-0.25, -0.2) is 0 Å². The average molecular weight is 267 g/mol.